The molecule has 2 N–H and O–H groups in total. The minimum Gasteiger partial charge on any atom is -0.483 e. The molecule has 2 rings (SSSR count). The van der Waals surface area contributed by atoms with Gasteiger partial charge in [0.1, 0.15) is 17.4 Å². The number of carbonyl (C=O) groups is 1. The van der Waals surface area contributed by atoms with Crippen LogP contribution in [0, 0.1) is 18.6 Å². The molecule has 0 aliphatic heterocycles. The Morgan fingerprint density at radius 1 is 1.15 bits per heavy atom. The van der Waals surface area contributed by atoms with Gasteiger partial charge < -0.3 is 15.2 Å². The Balaban J connectivity index is 1.90. The maximum absolute atomic E-state index is 13.6. The van der Waals surface area contributed by atoms with Crippen LogP contribution in [-0.4, -0.2) is 24.2 Å². The molecule has 2 aromatic carbocycles. The lowest BCUT2D eigenvalue weighted by Gasteiger charge is -2.16. The van der Waals surface area contributed by atoms with Gasteiger partial charge in [-0.2, -0.15) is 0 Å². The van der Waals surface area contributed by atoms with E-state index in [0.29, 0.717) is 11.8 Å². The minimum atomic E-state index is -1.27. The van der Waals surface area contributed by atoms with Gasteiger partial charge in [0.25, 0.3) is 5.91 Å². The molecule has 0 saturated carbocycles. The molecule has 6 heteroatoms. The highest BCUT2D eigenvalue weighted by atomic mass is 19.1. The Bertz CT molecular complexity index is 778. The van der Waals surface area contributed by atoms with Gasteiger partial charge in [-0.25, -0.2) is 8.78 Å². The molecule has 0 fully saturated rings. The van der Waals surface area contributed by atoms with Crippen LogP contribution in [-0.2, 0) is 4.79 Å². The summed E-state index contributed by atoms with van der Waals surface area (Å²) in [6.45, 7) is 5.58. The first-order chi connectivity index (χ1) is 12.3. The Morgan fingerprint density at radius 2 is 1.85 bits per heavy atom. The van der Waals surface area contributed by atoms with E-state index in [2.05, 4.69) is 5.32 Å². The third-order valence-electron chi connectivity index (χ3n) is 3.96. The van der Waals surface area contributed by atoms with Crippen LogP contribution in [0.15, 0.2) is 36.4 Å². The van der Waals surface area contributed by atoms with Gasteiger partial charge in [0.15, 0.2) is 6.61 Å². The van der Waals surface area contributed by atoms with E-state index in [1.807, 2.05) is 39.0 Å². The lowest BCUT2D eigenvalue weighted by Crippen LogP contribution is -2.32. The number of amides is 1. The Labute approximate surface area is 151 Å². The molecule has 1 atom stereocenters. The summed E-state index contributed by atoms with van der Waals surface area (Å²) in [7, 11) is 0. The summed E-state index contributed by atoms with van der Waals surface area (Å²) in [5, 5.41) is 12.4. The number of rotatable bonds is 7. The molecule has 0 aromatic heterocycles. The molecule has 0 spiro atoms. The quantitative estimate of drug-likeness (QED) is 0.790. The normalized spacial score (nSPS) is 12.1. The Morgan fingerprint density at radius 3 is 2.50 bits per heavy atom. The number of carbonyl (C=O) groups excluding carboxylic acids is 1. The zero-order valence-corrected chi connectivity index (χ0v) is 15.1. The first-order valence-corrected chi connectivity index (χ1v) is 8.41. The van der Waals surface area contributed by atoms with Crippen LogP contribution in [0.2, 0.25) is 0 Å². The van der Waals surface area contributed by atoms with E-state index < -0.39 is 23.6 Å². The van der Waals surface area contributed by atoms with Crippen LogP contribution in [0.25, 0.3) is 0 Å². The fraction of sp³-hybridized carbons (Fsp3) is 0.350. The molecule has 1 unspecified atom stereocenters. The average Bonchev–Trinajstić information content (AvgIpc) is 2.57. The first kappa shape index (κ1) is 19.8. The number of aryl methyl sites for hydroxylation is 1. The predicted molar refractivity (Wildman–Crippen MR) is 95.1 cm³/mol. The summed E-state index contributed by atoms with van der Waals surface area (Å²) in [5.41, 5.74) is 1.94. The van der Waals surface area contributed by atoms with Crippen LogP contribution >= 0.6 is 0 Å². The van der Waals surface area contributed by atoms with Crippen LogP contribution in [0.1, 0.15) is 42.6 Å². The van der Waals surface area contributed by atoms with E-state index in [4.69, 9.17) is 4.74 Å². The number of aliphatic hydroxyl groups excluding tert-OH is 1. The smallest absolute Gasteiger partial charge is 0.258 e. The van der Waals surface area contributed by atoms with Gasteiger partial charge in [-0.15, -0.1) is 0 Å². The second-order valence-corrected chi connectivity index (χ2v) is 6.47. The predicted octanol–water partition coefficient (Wildman–Crippen LogP) is 3.63. The van der Waals surface area contributed by atoms with Crippen molar-refractivity contribution < 1.29 is 23.4 Å². The van der Waals surface area contributed by atoms with Crippen LogP contribution < -0.4 is 10.1 Å². The molecule has 1 amide bonds. The maximum atomic E-state index is 13.6. The zero-order valence-electron chi connectivity index (χ0n) is 15.1. The van der Waals surface area contributed by atoms with Gasteiger partial charge in [0.05, 0.1) is 6.10 Å². The second kappa shape index (κ2) is 8.76. The lowest BCUT2D eigenvalue weighted by atomic mass is 10.0. The highest BCUT2D eigenvalue weighted by Gasteiger charge is 2.15. The number of hydrogen-bond acceptors (Lipinski definition) is 3. The molecule has 26 heavy (non-hydrogen) atoms. The van der Waals surface area contributed by atoms with Gasteiger partial charge in [0.2, 0.25) is 0 Å². The number of halogens is 2. The fourth-order valence-corrected chi connectivity index (χ4v) is 2.53. The third kappa shape index (κ3) is 5.26. The van der Waals surface area contributed by atoms with Crippen molar-refractivity contribution in [1.29, 1.82) is 0 Å². The average molecular weight is 363 g/mol. The highest BCUT2D eigenvalue weighted by Crippen LogP contribution is 2.27. The minimum absolute atomic E-state index is 0.0756. The lowest BCUT2D eigenvalue weighted by molar-refractivity contribution is -0.123. The topological polar surface area (TPSA) is 58.6 Å². The van der Waals surface area contributed by atoms with Crippen molar-refractivity contribution in [3.05, 3.63) is 64.7 Å². The summed E-state index contributed by atoms with van der Waals surface area (Å²) < 4.78 is 32.1. The van der Waals surface area contributed by atoms with Gasteiger partial charge in [-0.1, -0.05) is 32.0 Å². The van der Waals surface area contributed by atoms with Gasteiger partial charge in [-0.3, -0.25) is 4.79 Å². The summed E-state index contributed by atoms with van der Waals surface area (Å²) in [4.78, 5) is 12.0. The molecule has 0 heterocycles. The van der Waals surface area contributed by atoms with Crippen molar-refractivity contribution in [3.8, 4) is 5.75 Å². The summed E-state index contributed by atoms with van der Waals surface area (Å²) in [6.07, 6.45) is -1.27. The van der Waals surface area contributed by atoms with E-state index in [1.165, 1.54) is 0 Å². The van der Waals surface area contributed by atoms with Crippen molar-refractivity contribution in [3.63, 3.8) is 0 Å². The monoisotopic (exact) mass is 363 g/mol. The number of aliphatic hydroxyl groups is 1. The fourth-order valence-electron chi connectivity index (χ4n) is 2.53. The first-order valence-electron chi connectivity index (χ1n) is 8.41. The van der Waals surface area contributed by atoms with E-state index in [9.17, 15) is 18.7 Å². The Hall–Kier alpha value is -2.47. The number of benzene rings is 2. The molecule has 0 radical (unpaired) electrons. The van der Waals surface area contributed by atoms with Gasteiger partial charge in [0, 0.05) is 18.2 Å². The van der Waals surface area contributed by atoms with Crippen LogP contribution in [0.4, 0.5) is 8.78 Å². The van der Waals surface area contributed by atoms with Crippen molar-refractivity contribution in [1.82, 2.24) is 5.32 Å². The zero-order chi connectivity index (χ0) is 19.3. The molecule has 4 nitrogen and oxygen atoms in total. The van der Waals surface area contributed by atoms with Crippen LogP contribution in [0.3, 0.4) is 0 Å². The summed E-state index contributed by atoms with van der Waals surface area (Å²) in [6, 6.07) is 8.71. The van der Waals surface area contributed by atoms with E-state index >= 15 is 0 Å². The molecule has 140 valence electrons. The Kier molecular flexibility index (Phi) is 6.69. The number of ether oxygens (including phenoxy) is 1. The standard InChI is InChI=1S/C20H23F2NO3/c1-12(2)15-6-4-13(3)8-19(15)26-11-20(25)23-10-18(24)16-7-5-14(21)9-17(16)22/h4-9,12,18,24H,10-11H2,1-3H3,(H,23,25). The third-order valence-corrected chi connectivity index (χ3v) is 3.96. The van der Waals surface area contributed by atoms with Crippen molar-refractivity contribution >= 4 is 5.91 Å². The largest absolute Gasteiger partial charge is 0.483 e. The van der Waals surface area contributed by atoms with Gasteiger partial charge in [-0.05, 0) is 36.1 Å². The number of hydrogen-bond donors (Lipinski definition) is 2. The van der Waals surface area contributed by atoms with Crippen molar-refractivity contribution in [2.75, 3.05) is 13.2 Å². The molecule has 0 saturated heterocycles. The molecule has 2 aromatic rings. The number of nitrogens with one attached hydrogen (secondary N) is 1. The maximum Gasteiger partial charge on any atom is 0.258 e. The SMILES string of the molecule is Cc1ccc(C(C)C)c(OCC(=O)NCC(O)c2ccc(F)cc2F)c1. The second-order valence-electron chi connectivity index (χ2n) is 6.47. The van der Waals surface area contributed by atoms with E-state index in [1.54, 1.807) is 0 Å². The molecule has 0 bridgehead atoms. The molecule has 0 aliphatic rings. The molecular weight excluding hydrogens is 340 g/mol. The van der Waals surface area contributed by atoms with Crippen molar-refractivity contribution in [2.24, 2.45) is 0 Å². The van der Waals surface area contributed by atoms with Crippen molar-refractivity contribution in [2.45, 2.75) is 32.8 Å². The highest BCUT2D eigenvalue weighted by molar-refractivity contribution is 5.77. The van der Waals surface area contributed by atoms with E-state index in [0.717, 1.165) is 23.3 Å². The molecule has 0 aliphatic carbocycles. The summed E-state index contributed by atoms with van der Waals surface area (Å²) in [5.74, 6) is -1.14. The van der Waals surface area contributed by atoms with Gasteiger partial charge >= 0.3 is 0 Å². The van der Waals surface area contributed by atoms with E-state index in [-0.39, 0.29) is 24.6 Å². The summed E-state index contributed by atoms with van der Waals surface area (Å²) >= 11 is 0. The van der Waals surface area contributed by atoms with Crippen LogP contribution in [0.5, 0.6) is 5.75 Å². The molecular formula is C20H23F2NO3.